The molecule has 0 bridgehead atoms. The van der Waals surface area contributed by atoms with E-state index in [9.17, 15) is 20.1 Å². The summed E-state index contributed by atoms with van der Waals surface area (Å²) in [6.07, 6.45) is 6.58. The molecule has 5 fully saturated rings. The number of carbonyl (C=O) groups excluding carboxylic acids is 1. The lowest BCUT2D eigenvalue weighted by atomic mass is 9.41. The molecule has 4 aliphatic carbocycles. The van der Waals surface area contributed by atoms with Crippen molar-refractivity contribution in [3.05, 3.63) is 11.6 Å². The largest absolute Gasteiger partial charge is 0.458 e. The van der Waals surface area contributed by atoms with E-state index in [1.54, 1.807) is 6.08 Å². The number of cyclic esters (lactones) is 1. The van der Waals surface area contributed by atoms with Gasteiger partial charge in [-0.1, -0.05) is 13.8 Å². The summed E-state index contributed by atoms with van der Waals surface area (Å²) >= 11 is 0. The van der Waals surface area contributed by atoms with E-state index < -0.39 is 22.9 Å². The molecule has 0 radical (unpaired) electrons. The smallest absolute Gasteiger partial charge is 0.331 e. The molecule has 0 aromatic heterocycles. The monoisotopic (exact) mass is 404 g/mol. The highest BCUT2D eigenvalue weighted by Crippen LogP contribution is 2.78. The Morgan fingerprint density at radius 3 is 2.52 bits per heavy atom. The summed E-state index contributed by atoms with van der Waals surface area (Å²) in [7, 11) is 0. The second kappa shape index (κ2) is 5.26. The molecule has 0 aromatic carbocycles. The predicted molar refractivity (Wildman–Crippen MR) is 103 cm³/mol. The van der Waals surface area contributed by atoms with Gasteiger partial charge >= 0.3 is 5.97 Å². The lowest BCUT2D eigenvalue weighted by Crippen LogP contribution is -2.72. The molecule has 9 atom stereocenters. The Balaban J connectivity index is 1.41. The number of aliphatic hydroxyl groups excluding tert-OH is 1. The van der Waals surface area contributed by atoms with Crippen LogP contribution in [0.4, 0.5) is 0 Å². The molecule has 0 amide bonds. The van der Waals surface area contributed by atoms with Gasteiger partial charge in [0.2, 0.25) is 0 Å². The molecule has 1 saturated heterocycles. The lowest BCUT2D eigenvalue weighted by molar-refractivity contribution is -0.242. The van der Waals surface area contributed by atoms with Crippen LogP contribution < -0.4 is 0 Å². The zero-order valence-corrected chi connectivity index (χ0v) is 17.3. The Labute approximate surface area is 171 Å². The number of carbonyl (C=O) groups is 1. The normalized spacial score (nSPS) is 60.4. The van der Waals surface area contributed by atoms with Gasteiger partial charge in [-0.15, -0.1) is 0 Å². The minimum atomic E-state index is -0.967. The van der Waals surface area contributed by atoms with Crippen LogP contribution in [0.5, 0.6) is 0 Å². The third kappa shape index (κ3) is 1.92. The van der Waals surface area contributed by atoms with E-state index in [4.69, 9.17) is 9.47 Å². The molecule has 1 unspecified atom stereocenters. The number of ether oxygens (including phenoxy) is 2. The first-order valence-corrected chi connectivity index (χ1v) is 11.3. The number of hydrogen-bond donors (Lipinski definition) is 3. The predicted octanol–water partition coefficient (Wildman–Crippen LogP) is 1.85. The van der Waals surface area contributed by atoms with Crippen LogP contribution in [0.25, 0.3) is 0 Å². The SMILES string of the molecule is C[C@]12CC[C@H](O)C[C@@]1(O)C[C@@H]1O[C@]13C2CC[C@]1(C)[C@@H](C2=CC(=O)OC2)CC[C@]31O. The Kier molecular flexibility index (Phi) is 3.41. The Bertz CT molecular complexity index is 824. The first-order chi connectivity index (χ1) is 13.6. The molecular weight excluding hydrogens is 372 g/mol. The van der Waals surface area contributed by atoms with Gasteiger partial charge in [-0.05, 0) is 50.0 Å². The van der Waals surface area contributed by atoms with E-state index in [0.717, 1.165) is 31.3 Å². The maximum Gasteiger partial charge on any atom is 0.331 e. The topological polar surface area (TPSA) is 99.5 Å². The number of aliphatic hydroxyl groups is 3. The number of epoxide rings is 1. The fraction of sp³-hybridized carbons (Fsp3) is 0.870. The quantitative estimate of drug-likeness (QED) is 0.456. The Hall–Kier alpha value is -0.950. The average Bonchev–Trinajstić information content (AvgIpc) is 3.06. The van der Waals surface area contributed by atoms with E-state index >= 15 is 0 Å². The van der Waals surface area contributed by atoms with Gasteiger partial charge in [0.1, 0.15) is 17.8 Å². The van der Waals surface area contributed by atoms with Gasteiger partial charge in [0, 0.05) is 35.7 Å². The summed E-state index contributed by atoms with van der Waals surface area (Å²) < 4.78 is 11.6. The van der Waals surface area contributed by atoms with Gasteiger partial charge in [0.25, 0.3) is 0 Å². The fourth-order valence-electron chi connectivity index (χ4n) is 8.80. The van der Waals surface area contributed by atoms with Crippen molar-refractivity contribution in [1.82, 2.24) is 0 Å². The van der Waals surface area contributed by atoms with Crippen molar-refractivity contribution in [3.63, 3.8) is 0 Å². The van der Waals surface area contributed by atoms with Gasteiger partial charge in [-0.25, -0.2) is 4.79 Å². The molecule has 3 N–H and O–H groups in total. The molecule has 0 aromatic rings. The zero-order chi connectivity index (χ0) is 20.4. The van der Waals surface area contributed by atoms with Crippen LogP contribution in [0.15, 0.2) is 11.6 Å². The number of fused-ring (bicyclic) bond motifs is 3. The van der Waals surface area contributed by atoms with Crippen LogP contribution in [0.3, 0.4) is 0 Å². The molecule has 2 aliphatic heterocycles. The van der Waals surface area contributed by atoms with Crippen molar-refractivity contribution in [3.8, 4) is 0 Å². The second-order valence-electron chi connectivity index (χ2n) is 11.2. The van der Waals surface area contributed by atoms with Crippen molar-refractivity contribution >= 4 is 5.97 Å². The summed E-state index contributed by atoms with van der Waals surface area (Å²) in [6, 6.07) is 0. The van der Waals surface area contributed by atoms with E-state index in [-0.39, 0.29) is 34.7 Å². The third-order valence-corrected chi connectivity index (χ3v) is 10.4. The van der Waals surface area contributed by atoms with Crippen LogP contribution in [0.2, 0.25) is 0 Å². The summed E-state index contributed by atoms with van der Waals surface area (Å²) in [5.74, 6) is -0.0677. The Morgan fingerprint density at radius 1 is 1.03 bits per heavy atom. The van der Waals surface area contributed by atoms with E-state index in [2.05, 4.69) is 13.8 Å². The molecule has 6 heteroatoms. The zero-order valence-electron chi connectivity index (χ0n) is 17.3. The molecule has 6 rings (SSSR count). The number of esters is 1. The highest BCUT2D eigenvalue weighted by molar-refractivity contribution is 5.85. The van der Waals surface area contributed by atoms with Crippen LogP contribution in [0, 0.1) is 22.7 Å². The van der Waals surface area contributed by atoms with Crippen molar-refractivity contribution in [2.24, 2.45) is 22.7 Å². The second-order valence-corrected chi connectivity index (χ2v) is 11.2. The Morgan fingerprint density at radius 2 is 1.79 bits per heavy atom. The first kappa shape index (κ1) is 18.8. The van der Waals surface area contributed by atoms with Crippen molar-refractivity contribution in [2.75, 3.05) is 6.61 Å². The minimum absolute atomic E-state index is 0.0820. The van der Waals surface area contributed by atoms with Crippen molar-refractivity contribution in [1.29, 1.82) is 0 Å². The number of rotatable bonds is 1. The maximum atomic E-state index is 12.3. The van der Waals surface area contributed by atoms with Crippen molar-refractivity contribution < 1.29 is 29.6 Å². The van der Waals surface area contributed by atoms with Gasteiger partial charge in [-0.3, -0.25) is 0 Å². The number of hydrogen-bond acceptors (Lipinski definition) is 6. The highest BCUT2D eigenvalue weighted by atomic mass is 16.6. The highest BCUT2D eigenvalue weighted by Gasteiger charge is 2.86. The van der Waals surface area contributed by atoms with E-state index in [1.165, 1.54) is 0 Å². The molecule has 4 saturated carbocycles. The minimum Gasteiger partial charge on any atom is -0.458 e. The molecule has 2 heterocycles. The van der Waals surface area contributed by atoms with Crippen LogP contribution >= 0.6 is 0 Å². The van der Waals surface area contributed by atoms with Gasteiger partial charge < -0.3 is 24.8 Å². The summed E-state index contributed by atoms with van der Waals surface area (Å²) in [6.45, 7) is 4.67. The summed E-state index contributed by atoms with van der Waals surface area (Å²) in [5, 5.41) is 34.2. The molecule has 160 valence electrons. The standard InChI is InChI=1S/C23H32O6/c1-19-7-5-16-20(2)6-3-14(24)10-21(20,26)11-17-23(16,29-17)22(19,27)8-4-15(19)13-9-18(25)28-12-13/h9,14-17,24,26-27H,3-8,10-12H2,1-2H3/t14-,15+,16?,17-,19+,20+,21+,22+,23+/m0/s1. The van der Waals surface area contributed by atoms with Gasteiger partial charge in [0.15, 0.2) is 0 Å². The third-order valence-electron chi connectivity index (χ3n) is 10.4. The molecular formula is C23H32O6. The molecule has 6 nitrogen and oxygen atoms in total. The van der Waals surface area contributed by atoms with Crippen LogP contribution in [-0.2, 0) is 14.3 Å². The van der Waals surface area contributed by atoms with Gasteiger partial charge in [-0.2, -0.15) is 0 Å². The van der Waals surface area contributed by atoms with Crippen LogP contribution in [0.1, 0.15) is 65.2 Å². The molecule has 29 heavy (non-hydrogen) atoms. The maximum absolute atomic E-state index is 12.3. The molecule has 1 spiro atoms. The first-order valence-electron chi connectivity index (χ1n) is 11.3. The molecule has 6 aliphatic rings. The fourth-order valence-corrected chi connectivity index (χ4v) is 8.80. The average molecular weight is 405 g/mol. The van der Waals surface area contributed by atoms with Crippen LogP contribution in [-0.4, -0.2) is 56.9 Å². The van der Waals surface area contributed by atoms with Crippen molar-refractivity contribution in [2.45, 2.75) is 94.2 Å². The summed E-state index contributed by atoms with van der Waals surface area (Å²) in [4.78, 5) is 11.7. The lowest BCUT2D eigenvalue weighted by Gasteiger charge is -2.64. The van der Waals surface area contributed by atoms with E-state index in [0.29, 0.717) is 32.3 Å². The summed E-state index contributed by atoms with van der Waals surface area (Å²) in [5.41, 5.74) is -2.22. The van der Waals surface area contributed by atoms with E-state index in [1.807, 2.05) is 0 Å². The van der Waals surface area contributed by atoms with Gasteiger partial charge in [0.05, 0.1) is 17.8 Å².